The van der Waals surface area contributed by atoms with Crippen LogP contribution in [0.4, 0.5) is 5.95 Å². The van der Waals surface area contributed by atoms with Crippen molar-refractivity contribution in [1.29, 1.82) is 0 Å². The Morgan fingerprint density at radius 3 is 2.79 bits per heavy atom. The molecule has 150 valence electrons. The van der Waals surface area contributed by atoms with Gasteiger partial charge in [0.15, 0.2) is 0 Å². The summed E-state index contributed by atoms with van der Waals surface area (Å²) < 4.78 is 7.04. The van der Waals surface area contributed by atoms with E-state index in [1.165, 1.54) is 5.56 Å². The lowest BCUT2D eigenvalue weighted by Crippen LogP contribution is -2.22. The van der Waals surface area contributed by atoms with Gasteiger partial charge in [-0.05, 0) is 41.8 Å². The molecule has 0 spiro atoms. The lowest BCUT2D eigenvalue weighted by atomic mass is 9.86. The summed E-state index contributed by atoms with van der Waals surface area (Å²) in [6.07, 6.45) is 0.985. The zero-order valence-corrected chi connectivity index (χ0v) is 16.6. The van der Waals surface area contributed by atoms with Crippen LogP contribution in [0.15, 0.2) is 48.5 Å². The second kappa shape index (κ2) is 8.05. The minimum Gasteiger partial charge on any atom is -0.497 e. The fourth-order valence-electron chi connectivity index (χ4n) is 3.85. The molecule has 1 aliphatic heterocycles. The summed E-state index contributed by atoms with van der Waals surface area (Å²) in [6, 6.07) is 15.4. The molecule has 1 aliphatic rings. The minimum absolute atomic E-state index is 0.240. The lowest BCUT2D eigenvalue weighted by Gasteiger charge is -2.27. The van der Waals surface area contributed by atoms with Crippen molar-refractivity contribution in [1.82, 2.24) is 14.8 Å². The first kappa shape index (κ1) is 19.1. The van der Waals surface area contributed by atoms with Gasteiger partial charge >= 0.3 is 0 Å². The highest BCUT2D eigenvalue weighted by atomic mass is 16.5. The number of benzene rings is 2. The normalized spacial score (nSPS) is 18.2. The SMILES string of the molecule is COc1ccc(C(=O)Nc2nc3n(n2)CC(c2cccc(CN)c2)CC3C)cc1. The van der Waals surface area contributed by atoms with Crippen LogP contribution in [0.25, 0.3) is 0 Å². The second-order valence-electron chi connectivity index (χ2n) is 7.44. The maximum atomic E-state index is 12.5. The zero-order valence-electron chi connectivity index (χ0n) is 16.6. The molecule has 1 amide bonds. The van der Waals surface area contributed by atoms with E-state index in [-0.39, 0.29) is 11.8 Å². The third kappa shape index (κ3) is 4.00. The third-order valence-electron chi connectivity index (χ3n) is 5.41. The second-order valence-corrected chi connectivity index (χ2v) is 7.44. The van der Waals surface area contributed by atoms with Crippen LogP contribution in [0, 0.1) is 0 Å². The number of methoxy groups -OCH3 is 1. The number of hydrogen-bond acceptors (Lipinski definition) is 5. The van der Waals surface area contributed by atoms with Gasteiger partial charge in [-0.25, -0.2) is 4.68 Å². The van der Waals surface area contributed by atoms with Crippen LogP contribution in [-0.2, 0) is 13.1 Å². The quantitative estimate of drug-likeness (QED) is 0.696. The number of amides is 1. The van der Waals surface area contributed by atoms with E-state index < -0.39 is 0 Å². The predicted octanol–water partition coefficient (Wildman–Crippen LogP) is 3.29. The number of carbonyl (C=O) groups is 1. The number of hydrogen-bond donors (Lipinski definition) is 2. The first-order valence-corrected chi connectivity index (χ1v) is 9.76. The number of ether oxygens (including phenoxy) is 1. The fraction of sp³-hybridized carbons (Fsp3) is 0.318. The van der Waals surface area contributed by atoms with E-state index in [1.807, 2.05) is 10.7 Å². The number of nitrogens with zero attached hydrogens (tertiary/aromatic N) is 3. The molecule has 0 aliphatic carbocycles. The summed E-state index contributed by atoms with van der Waals surface area (Å²) in [5, 5.41) is 7.35. The summed E-state index contributed by atoms with van der Waals surface area (Å²) in [7, 11) is 1.59. The van der Waals surface area contributed by atoms with Crippen molar-refractivity contribution in [3.63, 3.8) is 0 Å². The molecule has 0 saturated heterocycles. The van der Waals surface area contributed by atoms with Gasteiger partial charge in [-0.2, -0.15) is 4.98 Å². The maximum Gasteiger partial charge on any atom is 0.258 e. The molecule has 2 aromatic carbocycles. The van der Waals surface area contributed by atoms with Gasteiger partial charge < -0.3 is 10.5 Å². The summed E-state index contributed by atoms with van der Waals surface area (Å²) in [5.41, 5.74) is 8.72. The van der Waals surface area contributed by atoms with E-state index >= 15 is 0 Å². The van der Waals surface area contributed by atoms with E-state index in [0.717, 1.165) is 24.4 Å². The van der Waals surface area contributed by atoms with E-state index in [0.29, 0.717) is 29.7 Å². The molecule has 1 aromatic heterocycles. The molecule has 2 heterocycles. The molecule has 7 nitrogen and oxygen atoms in total. The van der Waals surface area contributed by atoms with Crippen LogP contribution in [0.3, 0.4) is 0 Å². The Balaban J connectivity index is 1.51. The summed E-state index contributed by atoms with van der Waals surface area (Å²) >= 11 is 0. The molecule has 2 unspecified atom stereocenters. The molecule has 0 fully saturated rings. The van der Waals surface area contributed by atoms with E-state index in [2.05, 4.69) is 40.5 Å². The van der Waals surface area contributed by atoms with Gasteiger partial charge in [0.2, 0.25) is 5.95 Å². The summed E-state index contributed by atoms with van der Waals surface area (Å²) in [5.74, 6) is 2.29. The van der Waals surface area contributed by atoms with Gasteiger partial charge in [-0.15, -0.1) is 5.10 Å². The molecule has 0 saturated carbocycles. The third-order valence-corrected chi connectivity index (χ3v) is 5.41. The van der Waals surface area contributed by atoms with Gasteiger partial charge in [0.25, 0.3) is 5.91 Å². The molecule has 0 bridgehead atoms. The van der Waals surface area contributed by atoms with Crippen molar-refractivity contribution in [3.8, 4) is 5.75 Å². The minimum atomic E-state index is -0.240. The van der Waals surface area contributed by atoms with Crippen molar-refractivity contribution >= 4 is 11.9 Å². The number of aromatic nitrogens is 3. The molecular formula is C22H25N5O2. The Morgan fingerprint density at radius 1 is 1.28 bits per heavy atom. The van der Waals surface area contributed by atoms with Crippen molar-refractivity contribution < 1.29 is 9.53 Å². The summed E-state index contributed by atoms with van der Waals surface area (Å²) in [6.45, 7) is 3.42. The Bertz CT molecular complexity index is 1010. The van der Waals surface area contributed by atoms with Gasteiger partial charge in [0.1, 0.15) is 11.6 Å². The number of carbonyl (C=O) groups excluding carboxylic acids is 1. The average Bonchev–Trinajstić information content (AvgIpc) is 3.16. The first-order valence-electron chi connectivity index (χ1n) is 9.76. The molecular weight excluding hydrogens is 366 g/mol. The number of nitrogens with one attached hydrogen (secondary N) is 1. The van der Waals surface area contributed by atoms with Gasteiger partial charge in [-0.3, -0.25) is 10.1 Å². The molecule has 29 heavy (non-hydrogen) atoms. The zero-order chi connectivity index (χ0) is 20.4. The van der Waals surface area contributed by atoms with E-state index in [4.69, 9.17) is 10.5 Å². The number of fused-ring (bicyclic) bond motifs is 1. The Labute approximate surface area is 169 Å². The monoisotopic (exact) mass is 391 g/mol. The van der Waals surface area contributed by atoms with Crippen LogP contribution in [0.5, 0.6) is 5.75 Å². The Kier molecular flexibility index (Phi) is 5.31. The predicted molar refractivity (Wildman–Crippen MR) is 111 cm³/mol. The molecule has 4 rings (SSSR count). The lowest BCUT2D eigenvalue weighted by molar-refractivity contribution is 0.102. The average molecular weight is 391 g/mol. The first-order chi connectivity index (χ1) is 14.1. The molecule has 7 heteroatoms. The topological polar surface area (TPSA) is 95.1 Å². The number of anilines is 1. The van der Waals surface area contributed by atoms with Gasteiger partial charge in [0.05, 0.1) is 7.11 Å². The molecule has 0 radical (unpaired) electrons. The number of rotatable bonds is 5. The Morgan fingerprint density at radius 2 is 2.07 bits per heavy atom. The highest BCUT2D eigenvalue weighted by Crippen LogP contribution is 2.35. The van der Waals surface area contributed by atoms with Crippen molar-refractivity contribution in [2.45, 2.75) is 38.3 Å². The van der Waals surface area contributed by atoms with Crippen molar-refractivity contribution in [2.24, 2.45) is 5.73 Å². The highest BCUT2D eigenvalue weighted by molar-refractivity contribution is 6.03. The highest BCUT2D eigenvalue weighted by Gasteiger charge is 2.29. The molecule has 3 aromatic rings. The molecule has 3 N–H and O–H groups in total. The van der Waals surface area contributed by atoms with Crippen LogP contribution in [0.1, 0.15) is 52.5 Å². The fourth-order valence-corrected chi connectivity index (χ4v) is 3.85. The van der Waals surface area contributed by atoms with Crippen molar-refractivity contribution in [3.05, 3.63) is 71.0 Å². The van der Waals surface area contributed by atoms with E-state index in [9.17, 15) is 4.79 Å². The standard InChI is InChI=1S/C22H25N5O2/c1-14-10-18(17-5-3-4-15(11-17)12-23)13-27-20(14)24-22(26-27)25-21(28)16-6-8-19(29-2)9-7-16/h3-9,11,14,18H,10,12-13,23H2,1-2H3,(H,25,26,28). The number of nitrogens with two attached hydrogens (primary N) is 1. The van der Waals surface area contributed by atoms with E-state index in [1.54, 1.807) is 31.4 Å². The summed E-state index contributed by atoms with van der Waals surface area (Å²) in [4.78, 5) is 17.1. The smallest absolute Gasteiger partial charge is 0.258 e. The maximum absolute atomic E-state index is 12.5. The van der Waals surface area contributed by atoms with Crippen LogP contribution < -0.4 is 15.8 Å². The molecule has 2 atom stereocenters. The van der Waals surface area contributed by atoms with Crippen LogP contribution in [0.2, 0.25) is 0 Å². The van der Waals surface area contributed by atoms with Crippen LogP contribution in [-0.4, -0.2) is 27.8 Å². The van der Waals surface area contributed by atoms with Gasteiger partial charge in [0, 0.05) is 30.5 Å². The van der Waals surface area contributed by atoms with Crippen LogP contribution >= 0.6 is 0 Å². The largest absolute Gasteiger partial charge is 0.497 e. The Hall–Kier alpha value is -3.19. The van der Waals surface area contributed by atoms with Crippen molar-refractivity contribution in [2.75, 3.05) is 12.4 Å². The van der Waals surface area contributed by atoms with Gasteiger partial charge in [-0.1, -0.05) is 31.2 Å².